The van der Waals surface area contributed by atoms with Crippen molar-refractivity contribution in [2.75, 3.05) is 32.8 Å². The number of carbonyl (C=O) groups is 4. The summed E-state index contributed by atoms with van der Waals surface area (Å²) in [5.41, 5.74) is 0.274. The summed E-state index contributed by atoms with van der Waals surface area (Å²) in [6.45, 7) is 10.5. The number of amides is 4. The van der Waals surface area contributed by atoms with Crippen LogP contribution in [0.1, 0.15) is 51.8 Å². The quantitative estimate of drug-likeness (QED) is 0.574. The van der Waals surface area contributed by atoms with Crippen LogP contribution >= 0.6 is 0 Å². The summed E-state index contributed by atoms with van der Waals surface area (Å²) in [7, 11) is 0. The molecule has 2 aliphatic rings. The first kappa shape index (κ1) is 20.6. The molecule has 0 radical (unpaired) electrons. The average molecular weight is 399 g/mol. The Morgan fingerprint density at radius 3 is 2.21 bits per heavy atom. The lowest BCUT2D eigenvalue weighted by molar-refractivity contribution is 0.0507. The number of carbonyl (C=O) groups excluding carboxylic acids is 4. The summed E-state index contributed by atoms with van der Waals surface area (Å²) >= 11 is 0. The van der Waals surface area contributed by atoms with Crippen LogP contribution in [0.3, 0.4) is 0 Å². The number of benzene rings is 1. The number of imide groups is 1. The van der Waals surface area contributed by atoms with E-state index in [2.05, 4.69) is 6.58 Å². The third-order valence-electron chi connectivity index (χ3n) is 4.95. The molecule has 0 atom stereocenters. The van der Waals surface area contributed by atoms with Gasteiger partial charge in [-0.1, -0.05) is 12.7 Å². The van der Waals surface area contributed by atoms with Crippen LogP contribution in [0.25, 0.3) is 0 Å². The van der Waals surface area contributed by atoms with Gasteiger partial charge >= 0.3 is 6.09 Å². The van der Waals surface area contributed by atoms with Gasteiger partial charge in [0.15, 0.2) is 0 Å². The molecule has 2 aliphatic heterocycles. The molecular weight excluding hydrogens is 374 g/mol. The molecule has 3 rings (SSSR count). The van der Waals surface area contributed by atoms with Crippen molar-refractivity contribution in [3.8, 4) is 0 Å². The van der Waals surface area contributed by atoms with Crippen LogP contribution in [0.15, 0.2) is 30.9 Å². The van der Waals surface area contributed by atoms with Gasteiger partial charge in [0.1, 0.15) is 6.61 Å². The van der Waals surface area contributed by atoms with Crippen LogP contribution in [0, 0.1) is 0 Å². The van der Waals surface area contributed by atoms with E-state index < -0.39 is 11.6 Å². The van der Waals surface area contributed by atoms with Gasteiger partial charge < -0.3 is 14.5 Å². The summed E-state index contributed by atoms with van der Waals surface area (Å²) < 4.78 is 5.01. The van der Waals surface area contributed by atoms with Crippen LogP contribution in [0.5, 0.6) is 0 Å². The Morgan fingerprint density at radius 1 is 1.03 bits per heavy atom. The molecule has 29 heavy (non-hydrogen) atoms. The Bertz CT molecular complexity index is 879. The molecule has 0 N–H and O–H groups in total. The minimum absolute atomic E-state index is 0.144. The predicted octanol–water partition coefficient (Wildman–Crippen LogP) is 2.16. The monoisotopic (exact) mass is 399 g/mol. The summed E-state index contributed by atoms with van der Waals surface area (Å²) in [6, 6.07) is 4.61. The Morgan fingerprint density at radius 2 is 1.62 bits per heavy atom. The molecule has 0 spiro atoms. The van der Waals surface area contributed by atoms with Crippen molar-refractivity contribution in [2.45, 2.75) is 26.3 Å². The molecular formula is C21H25N3O5. The molecule has 1 fully saturated rings. The largest absolute Gasteiger partial charge is 0.445 e. The van der Waals surface area contributed by atoms with E-state index >= 15 is 0 Å². The van der Waals surface area contributed by atoms with Gasteiger partial charge in [0.2, 0.25) is 0 Å². The van der Waals surface area contributed by atoms with Gasteiger partial charge in [0, 0.05) is 37.3 Å². The maximum absolute atomic E-state index is 12.9. The Labute approximate surface area is 169 Å². The zero-order valence-corrected chi connectivity index (χ0v) is 16.9. The summed E-state index contributed by atoms with van der Waals surface area (Å²) in [6.07, 6.45) is 1.07. The molecule has 8 heteroatoms. The molecule has 0 unspecified atom stereocenters. The van der Waals surface area contributed by atoms with Crippen molar-refractivity contribution in [2.24, 2.45) is 0 Å². The van der Waals surface area contributed by atoms with Crippen LogP contribution in [-0.4, -0.2) is 76.8 Å². The third kappa shape index (κ3) is 3.87. The smallest absolute Gasteiger partial charge is 0.410 e. The van der Waals surface area contributed by atoms with Crippen LogP contribution in [0.4, 0.5) is 4.79 Å². The van der Waals surface area contributed by atoms with E-state index in [0.717, 1.165) is 0 Å². The van der Waals surface area contributed by atoms with E-state index in [9.17, 15) is 19.2 Å². The van der Waals surface area contributed by atoms with Crippen molar-refractivity contribution in [3.63, 3.8) is 0 Å². The summed E-state index contributed by atoms with van der Waals surface area (Å²) in [5.74, 6) is -0.966. The Kier molecular flexibility index (Phi) is 5.46. The highest BCUT2D eigenvalue weighted by Crippen LogP contribution is 2.30. The molecule has 4 amide bonds. The fourth-order valence-corrected chi connectivity index (χ4v) is 3.48. The summed E-state index contributed by atoms with van der Waals surface area (Å²) in [5, 5.41) is 0. The lowest BCUT2D eigenvalue weighted by Crippen LogP contribution is -2.50. The second-order valence-corrected chi connectivity index (χ2v) is 8.02. The van der Waals surface area contributed by atoms with Crippen molar-refractivity contribution >= 4 is 23.8 Å². The maximum atomic E-state index is 12.9. The van der Waals surface area contributed by atoms with E-state index in [1.54, 1.807) is 36.6 Å². The normalized spacial score (nSPS) is 16.7. The van der Waals surface area contributed by atoms with Crippen LogP contribution < -0.4 is 0 Å². The highest BCUT2D eigenvalue weighted by atomic mass is 16.6. The molecule has 2 heterocycles. The first-order valence-corrected chi connectivity index (χ1v) is 9.50. The lowest BCUT2D eigenvalue weighted by Gasteiger charge is -2.34. The highest BCUT2D eigenvalue weighted by Gasteiger charge is 2.42. The topological polar surface area (TPSA) is 87.2 Å². The van der Waals surface area contributed by atoms with E-state index in [4.69, 9.17) is 4.74 Å². The number of rotatable bonds is 3. The Balaban J connectivity index is 1.71. The van der Waals surface area contributed by atoms with Crippen molar-refractivity contribution in [1.82, 2.24) is 14.7 Å². The Hall–Kier alpha value is -3.16. The van der Waals surface area contributed by atoms with E-state index in [-0.39, 0.29) is 29.9 Å². The van der Waals surface area contributed by atoms with E-state index in [1.807, 2.05) is 0 Å². The van der Waals surface area contributed by atoms with E-state index in [1.165, 1.54) is 23.1 Å². The first-order valence-electron chi connectivity index (χ1n) is 9.50. The fourth-order valence-electron chi connectivity index (χ4n) is 3.48. The maximum Gasteiger partial charge on any atom is 0.410 e. The average Bonchev–Trinajstić information content (AvgIpc) is 2.95. The molecule has 154 valence electrons. The first-order chi connectivity index (χ1) is 13.6. The molecule has 1 saturated heterocycles. The van der Waals surface area contributed by atoms with Gasteiger partial charge in [-0.3, -0.25) is 19.3 Å². The number of hydrogen-bond acceptors (Lipinski definition) is 5. The van der Waals surface area contributed by atoms with Gasteiger partial charge in [0.05, 0.1) is 11.1 Å². The minimum Gasteiger partial charge on any atom is -0.445 e. The zero-order chi connectivity index (χ0) is 21.3. The van der Waals surface area contributed by atoms with Crippen molar-refractivity contribution in [3.05, 3.63) is 47.5 Å². The molecule has 1 aromatic carbocycles. The third-order valence-corrected chi connectivity index (χ3v) is 4.95. The summed E-state index contributed by atoms with van der Waals surface area (Å²) in [4.78, 5) is 54.5. The second-order valence-electron chi connectivity index (χ2n) is 8.02. The minimum atomic E-state index is -0.645. The predicted molar refractivity (Wildman–Crippen MR) is 106 cm³/mol. The van der Waals surface area contributed by atoms with Gasteiger partial charge in [-0.2, -0.15) is 0 Å². The van der Waals surface area contributed by atoms with Crippen LogP contribution in [0.2, 0.25) is 0 Å². The van der Waals surface area contributed by atoms with Gasteiger partial charge in [-0.15, -0.1) is 0 Å². The lowest BCUT2D eigenvalue weighted by atomic mass is 10.0. The van der Waals surface area contributed by atoms with Gasteiger partial charge in [0.25, 0.3) is 17.7 Å². The highest BCUT2D eigenvalue weighted by molar-refractivity contribution is 6.22. The molecule has 0 aromatic heterocycles. The number of ether oxygens (including phenoxy) is 1. The van der Waals surface area contributed by atoms with Gasteiger partial charge in [-0.05, 0) is 39.0 Å². The number of piperazine rings is 1. The number of hydrogen-bond donors (Lipinski definition) is 0. The van der Waals surface area contributed by atoms with Crippen molar-refractivity contribution < 1.29 is 23.9 Å². The molecule has 0 saturated carbocycles. The van der Waals surface area contributed by atoms with E-state index in [0.29, 0.717) is 37.3 Å². The number of fused-ring (bicyclic) bond motifs is 1. The standard InChI is InChI=1S/C21H25N3O5/c1-5-12-29-20(28)23-10-8-22(9-11-23)17(25)14-6-7-15-16(13-14)19(27)24(18(15)26)21(2,3)4/h5-7,13H,1,8-12H2,2-4H3. The molecule has 8 nitrogen and oxygen atoms in total. The fraction of sp³-hybridized carbons (Fsp3) is 0.429. The van der Waals surface area contributed by atoms with Crippen molar-refractivity contribution in [1.29, 1.82) is 0 Å². The van der Waals surface area contributed by atoms with Crippen LogP contribution in [-0.2, 0) is 4.74 Å². The zero-order valence-electron chi connectivity index (χ0n) is 16.9. The SMILES string of the molecule is C=CCOC(=O)N1CCN(C(=O)c2ccc3c(c2)C(=O)N(C(C)(C)C)C3=O)CC1. The second kappa shape index (κ2) is 7.69. The van der Waals surface area contributed by atoms with Gasteiger partial charge in [-0.25, -0.2) is 4.79 Å². The molecule has 1 aromatic rings. The number of nitrogens with zero attached hydrogens (tertiary/aromatic N) is 3. The molecule has 0 aliphatic carbocycles. The molecule has 0 bridgehead atoms.